The van der Waals surface area contributed by atoms with Gasteiger partial charge >= 0.3 is 12.4 Å². The molecular formula is C17H10F6O. The van der Waals surface area contributed by atoms with Gasteiger partial charge in [-0.15, -0.1) is 0 Å². The fourth-order valence-corrected chi connectivity index (χ4v) is 2.00. The second-order valence-electron chi connectivity index (χ2n) is 4.86. The Morgan fingerprint density at radius 3 is 1.62 bits per heavy atom. The first kappa shape index (κ1) is 17.8. The monoisotopic (exact) mass is 344 g/mol. The Bertz CT molecular complexity index is 723. The Balaban J connectivity index is 2.31. The summed E-state index contributed by atoms with van der Waals surface area (Å²) in [6, 6.07) is 14.2. The molecule has 24 heavy (non-hydrogen) atoms. The van der Waals surface area contributed by atoms with E-state index in [-0.39, 0.29) is 5.56 Å². The smallest absolute Gasteiger partial charge is 0.289 e. The van der Waals surface area contributed by atoms with Gasteiger partial charge in [0.15, 0.2) is 5.78 Å². The van der Waals surface area contributed by atoms with Gasteiger partial charge in [0.1, 0.15) is 5.57 Å². The van der Waals surface area contributed by atoms with Crippen LogP contribution in [-0.4, -0.2) is 18.1 Å². The third-order valence-corrected chi connectivity index (χ3v) is 3.16. The van der Waals surface area contributed by atoms with Crippen molar-refractivity contribution in [3.63, 3.8) is 0 Å². The van der Waals surface area contributed by atoms with Crippen LogP contribution in [0.5, 0.6) is 0 Å². The van der Waals surface area contributed by atoms with Crippen molar-refractivity contribution in [2.45, 2.75) is 12.4 Å². The van der Waals surface area contributed by atoms with Gasteiger partial charge < -0.3 is 0 Å². The number of halogens is 6. The van der Waals surface area contributed by atoms with Crippen LogP contribution in [0.25, 0.3) is 11.1 Å². The topological polar surface area (TPSA) is 17.1 Å². The first-order chi connectivity index (χ1) is 11.1. The van der Waals surface area contributed by atoms with Crippen LogP contribution < -0.4 is 0 Å². The number of benzene rings is 2. The summed E-state index contributed by atoms with van der Waals surface area (Å²) >= 11 is 0. The van der Waals surface area contributed by atoms with E-state index in [0.29, 0.717) is 5.56 Å². The van der Waals surface area contributed by atoms with E-state index < -0.39 is 29.8 Å². The minimum Gasteiger partial charge on any atom is -0.289 e. The van der Waals surface area contributed by atoms with Crippen molar-refractivity contribution in [2.75, 3.05) is 0 Å². The lowest BCUT2D eigenvalue weighted by Gasteiger charge is -2.14. The minimum absolute atomic E-state index is 0.263. The highest BCUT2D eigenvalue weighted by molar-refractivity contribution is 6.05. The van der Waals surface area contributed by atoms with Gasteiger partial charge in [0, 0.05) is 11.6 Å². The molecule has 126 valence electrons. The van der Waals surface area contributed by atoms with Crippen molar-refractivity contribution in [1.29, 1.82) is 0 Å². The number of alkyl halides is 6. The van der Waals surface area contributed by atoms with Crippen molar-refractivity contribution >= 4 is 5.78 Å². The van der Waals surface area contributed by atoms with Gasteiger partial charge in [-0.1, -0.05) is 54.6 Å². The molecule has 0 saturated carbocycles. The molecule has 1 nitrogen and oxygen atoms in total. The largest absolute Gasteiger partial charge is 0.421 e. The van der Waals surface area contributed by atoms with Gasteiger partial charge in [-0.25, -0.2) is 0 Å². The van der Waals surface area contributed by atoms with Crippen LogP contribution in [0, 0.1) is 0 Å². The number of carbonyl (C=O) groups excluding carboxylic acids is 1. The summed E-state index contributed by atoms with van der Waals surface area (Å²) in [5.74, 6) is -1.36. The lowest BCUT2D eigenvalue weighted by atomic mass is 10.0. The summed E-state index contributed by atoms with van der Waals surface area (Å²) in [6.45, 7) is 0. The Morgan fingerprint density at radius 1 is 0.708 bits per heavy atom. The molecule has 0 spiro atoms. The molecular weight excluding hydrogens is 334 g/mol. The predicted octanol–water partition coefficient (Wildman–Crippen LogP) is 5.59. The first-order valence-electron chi connectivity index (χ1n) is 6.65. The summed E-state index contributed by atoms with van der Waals surface area (Å²) in [5, 5.41) is 0. The number of rotatable bonds is 3. The van der Waals surface area contributed by atoms with Gasteiger partial charge in [0.05, 0.1) is 0 Å². The summed E-state index contributed by atoms with van der Waals surface area (Å²) < 4.78 is 74.6. The van der Waals surface area contributed by atoms with E-state index in [2.05, 4.69) is 0 Å². The second-order valence-corrected chi connectivity index (χ2v) is 4.86. The Labute approximate surface area is 133 Å². The third kappa shape index (κ3) is 4.24. The van der Waals surface area contributed by atoms with Crippen LogP contribution in [0.3, 0.4) is 0 Å². The van der Waals surface area contributed by atoms with E-state index >= 15 is 0 Å². The lowest BCUT2D eigenvalue weighted by Crippen LogP contribution is -2.27. The molecule has 0 bridgehead atoms. The molecule has 2 aromatic carbocycles. The molecule has 0 atom stereocenters. The quantitative estimate of drug-likeness (QED) is 0.403. The molecule has 0 N–H and O–H groups in total. The van der Waals surface area contributed by atoms with Gasteiger partial charge in [0.25, 0.3) is 0 Å². The summed E-state index contributed by atoms with van der Waals surface area (Å²) in [7, 11) is 0. The second kappa shape index (κ2) is 6.51. The molecule has 2 aromatic rings. The standard InChI is InChI=1S/C17H10F6O/c18-16(19,20)15(17(21,22)23)10-14(24)13-8-6-12(7-9-13)11-4-2-1-3-5-11/h1-10H. The number of hydrogen-bond donors (Lipinski definition) is 0. The maximum Gasteiger partial charge on any atom is 0.421 e. The summed E-state index contributed by atoms with van der Waals surface area (Å²) in [4.78, 5) is 11.7. The van der Waals surface area contributed by atoms with Crippen molar-refractivity contribution in [3.8, 4) is 11.1 Å². The summed E-state index contributed by atoms with van der Waals surface area (Å²) in [5.41, 5.74) is -1.60. The average molecular weight is 344 g/mol. The SMILES string of the molecule is O=C(C=C(C(F)(F)F)C(F)(F)F)c1ccc(-c2ccccc2)cc1. The highest BCUT2D eigenvalue weighted by atomic mass is 19.4. The zero-order valence-corrected chi connectivity index (χ0v) is 11.9. The molecule has 0 heterocycles. The van der Waals surface area contributed by atoms with E-state index in [1.807, 2.05) is 0 Å². The van der Waals surface area contributed by atoms with E-state index in [4.69, 9.17) is 0 Å². The van der Waals surface area contributed by atoms with E-state index in [1.54, 1.807) is 30.3 Å². The fourth-order valence-electron chi connectivity index (χ4n) is 2.00. The molecule has 0 unspecified atom stereocenters. The Kier molecular flexibility index (Phi) is 4.82. The maximum absolute atomic E-state index is 12.4. The van der Waals surface area contributed by atoms with Crippen LogP contribution in [0.15, 0.2) is 66.2 Å². The summed E-state index contributed by atoms with van der Waals surface area (Å²) in [6.07, 6.45) is -11.7. The molecule has 0 amide bonds. The molecule has 0 fully saturated rings. The normalized spacial score (nSPS) is 11.9. The highest BCUT2D eigenvalue weighted by Gasteiger charge is 2.51. The average Bonchev–Trinajstić information content (AvgIpc) is 2.51. The van der Waals surface area contributed by atoms with Gasteiger partial charge in [-0.3, -0.25) is 4.79 Å². The number of carbonyl (C=O) groups is 1. The lowest BCUT2D eigenvalue weighted by molar-refractivity contribution is -0.171. The molecule has 0 aromatic heterocycles. The van der Waals surface area contributed by atoms with Crippen LogP contribution in [0.1, 0.15) is 10.4 Å². The molecule has 0 aliphatic carbocycles. The zero-order chi connectivity index (χ0) is 18.0. The predicted molar refractivity (Wildman–Crippen MR) is 76.4 cm³/mol. The molecule has 2 rings (SSSR count). The fraction of sp³-hybridized carbons (Fsp3) is 0.118. The van der Waals surface area contributed by atoms with Crippen molar-refractivity contribution in [3.05, 3.63) is 71.8 Å². The van der Waals surface area contributed by atoms with Crippen molar-refractivity contribution in [2.24, 2.45) is 0 Å². The molecule has 7 heteroatoms. The zero-order valence-electron chi connectivity index (χ0n) is 11.9. The Hall–Kier alpha value is -2.57. The van der Waals surface area contributed by atoms with Crippen LogP contribution in [-0.2, 0) is 0 Å². The number of hydrogen-bond acceptors (Lipinski definition) is 1. The van der Waals surface area contributed by atoms with Gasteiger partial charge in [-0.05, 0) is 11.1 Å². The van der Waals surface area contributed by atoms with Crippen LogP contribution >= 0.6 is 0 Å². The van der Waals surface area contributed by atoms with Gasteiger partial charge in [-0.2, -0.15) is 26.3 Å². The minimum atomic E-state index is -5.65. The molecule has 0 aliphatic rings. The third-order valence-electron chi connectivity index (χ3n) is 3.16. The molecule has 0 aliphatic heterocycles. The van der Waals surface area contributed by atoms with Crippen molar-refractivity contribution in [1.82, 2.24) is 0 Å². The van der Waals surface area contributed by atoms with Gasteiger partial charge in [0.2, 0.25) is 0 Å². The van der Waals surface area contributed by atoms with E-state index in [0.717, 1.165) is 5.56 Å². The van der Waals surface area contributed by atoms with Crippen LogP contribution in [0.2, 0.25) is 0 Å². The molecule has 0 saturated heterocycles. The first-order valence-corrected chi connectivity index (χ1v) is 6.65. The maximum atomic E-state index is 12.4. The number of ketones is 1. The number of allylic oxidation sites excluding steroid dienone is 2. The van der Waals surface area contributed by atoms with E-state index in [1.165, 1.54) is 24.3 Å². The molecule has 0 radical (unpaired) electrons. The Morgan fingerprint density at radius 2 is 1.17 bits per heavy atom. The van der Waals surface area contributed by atoms with Crippen molar-refractivity contribution < 1.29 is 31.1 Å². The highest BCUT2D eigenvalue weighted by Crippen LogP contribution is 2.38. The van der Waals surface area contributed by atoms with Crippen LogP contribution in [0.4, 0.5) is 26.3 Å². The van der Waals surface area contributed by atoms with E-state index in [9.17, 15) is 31.1 Å².